The highest BCUT2D eigenvalue weighted by Gasteiger charge is 2.28. The van der Waals surface area contributed by atoms with Crippen molar-refractivity contribution < 1.29 is 9.53 Å². The zero-order valence-corrected chi connectivity index (χ0v) is 10.2. The Balaban J connectivity index is 2.57. The topological polar surface area (TPSA) is 29.5 Å². The molecule has 1 aliphatic rings. The lowest BCUT2D eigenvalue weighted by Crippen LogP contribution is -2.46. The van der Waals surface area contributed by atoms with Gasteiger partial charge in [0.05, 0.1) is 7.11 Å². The third kappa shape index (κ3) is 3.49. The first kappa shape index (κ1) is 12.5. The first-order valence-corrected chi connectivity index (χ1v) is 6.01. The summed E-state index contributed by atoms with van der Waals surface area (Å²) in [6.07, 6.45) is 4.44. The van der Waals surface area contributed by atoms with Crippen LogP contribution in [0.25, 0.3) is 0 Å². The van der Waals surface area contributed by atoms with Crippen molar-refractivity contribution >= 4 is 5.97 Å². The van der Waals surface area contributed by atoms with Crippen molar-refractivity contribution in [2.75, 3.05) is 20.2 Å². The minimum absolute atomic E-state index is 0.0113. The normalized spacial score (nSPS) is 24.9. The number of rotatable bonds is 4. The van der Waals surface area contributed by atoms with Crippen molar-refractivity contribution in [1.82, 2.24) is 4.90 Å². The molecule has 1 heterocycles. The minimum atomic E-state index is -0.0639. The largest absolute Gasteiger partial charge is 0.468 e. The number of carbonyl (C=O) groups excluding carboxylic acids is 1. The maximum absolute atomic E-state index is 11.6. The summed E-state index contributed by atoms with van der Waals surface area (Å²) in [7, 11) is 1.48. The molecule has 0 spiro atoms. The van der Waals surface area contributed by atoms with Gasteiger partial charge in [-0.05, 0) is 31.7 Å². The summed E-state index contributed by atoms with van der Waals surface area (Å²) >= 11 is 0. The number of likely N-dealkylation sites (tertiary alicyclic amines) is 1. The molecule has 0 aromatic carbocycles. The van der Waals surface area contributed by atoms with Crippen LogP contribution in [0.2, 0.25) is 0 Å². The summed E-state index contributed by atoms with van der Waals surface area (Å²) in [6.45, 7) is 6.46. The second-order valence-electron chi connectivity index (χ2n) is 4.57. The molecular formula is C12H23NO2. The van der Waals surface area contributed by atoms with E-state index in [4.69, 9.17) is 4.74 Å². The lowest BCUT2D eigenvalue weighted by Gasteiger charge is -2.35. The van der Waals surface area contributed by atoms with E-state index < -0.39 is 0 Å². The predicted octanol–water partition coefficient (Wildman–Crippen LogP) is 2.06. The first-order valence-electron chi connectivity index (χ1n) is 6.01. The van der Waals surface area contributed by atoms with Crippen molar-refractivity contribution in [3.8, 4) is 0 Å². The van der Waals surface area contributed by atoms with E-state index >= 15 is 0 Å². The van der Waals surface area contributed by atoms with Gasteiger partial charge in [-0.2, -0.15) is 0 Å². The summed E-state index contributed by atoms with van der Waals surface area (Å²) in [6, 6.07) is -0.0113. The van der Waals surface area contributed by atoms with Crippen LogP contribution in [0, 0.1) is 5.92 Å². The molecule has 0 radical (unpaired) electrons. The third-order valence-electron chi connectivity index (χ3n) is 3.16. The van der Waals surface area contributed by atoms with E-state index in [0.717, 1.165) is 25.9 Å². The Hall–Kier alpha value is -0.570. The van der Waals surface area contributed by atoms with E-state index in [-0.39, 0.29) is 12.0 Å². The van der Waals surface area contributed by atoms with Crippen LogP contribution in [0.5, 0.6) is 0 Å². The standard InChI is InChI=1S/C12H23NO2/c1-4-6-11(12(14)15-3)13-8-5-7-10(2)9-13/h10-11H,4-9H2,1-3H3. The maximum atomic E-state index is 11.6. The quantitative estimate of drug-likeness (QED) is 0.669. The van der Waals surface area contributed by atoms with Crippen LogP contribution < -0.4 is 0 Å². The Kier molecular flexibility index (Phi) is 5.09. The second-order valence-corrected chi connectivity index (χ2v) is 4.57. The fourth-order valence-electron chi connectivity index (χ4n) is 2.37. The van der Waals surface area contributed by atoms with E-state index in [0.29, 0.717) is 5.92 Å². The molecule has 15 heavy (non-hydrogen) atoms. The smallest absolute Gasteiger partial charge is 0.323 e. The molecule has 0 saturated carbocycles. The van der Waals surface area contributed by atoms with Crippen LogP contribution in [-0.4, -0.2) is 37.1 Å². The molecule has 0 aromatic rings. The molecular weight excluding hydrogens is 190 g/mol. The first-order chi connectivity index (χ1) is 7.19. The molecule has 1 rings (SSSR count). The highest BCUT2D eigenvalue weighted by Crippen LogP contribution is 2.20. The molecule has 2 unspecified atom stereocenters. The van der Waals surface area contributed by atoms with Gasteiger partial charge in [0, 0.05) is 6.54 Å². The minimum Gasteiger partial charge on any atom is -0.468 e. The zero-order chi connectivity index (χ0) is 11.3. The molecule has 0 aliphatic carbocycles. The number of hydrogen-bond donors (Lipinski definition) is 0. The summed E-state index contributed by atoms with van der Waals surface area (Å²) in [5, 5.41) is 0. The molecule has 0 amide bonds. The summed E-state index contributed by atoms with van der Waals surface area (Å²) in [5.41, 5.74) is 0. The predicted molar refractivity (Wildman–Crippen MR) is 60.7 cm³/mol. The number of piperidine rings is 1. The van der Waals surface area contributed by atoms with E-state index in [1.165, 1.54) is 20.0 Å². The molecule has 0 bridgehead atoms. The van der Waals surface area contributed by atoms with Crippen LogP contribution >= 0.6 is 0 Å². The van der Waals surface area contributed by atoms with Crippen LogP contribution in [0.3, 0.4) is 0 Å². The van der Waals surface area contributed by atoms with Gasteiger partial charge in [0.15, 0.2) is 0 Å². The SMILES string of the molecule is CCCC(C(=O)OC)N1CCCC(C)C1. The van der Waals surface area contributed by atoms with Crippen molar-refractivity contribution in [2.45, 2.75) is 45.6 Å². The maximum Gasteiger partial charge on any atom is 0.323 e. The van der Waals surface area contributed by atoms with Crippen molar-refractivity contribution in [3.05, 3.63) is 0 Å². The summed E-state index contributed by atoms with van der Waals surface area (Å²) in [4.78, 5) is 13.9. The average Bonchev–Trinajstić information content (AvgIpc) is 2.25. The van der Waals surface area contributed by atoms with Gasteiger partial charge in [0.25, 0.3) is 0 Å². The van der Waals surface area contributed by atoms with E-state index in [2.05, 4.69) is 18.7 Å². The van der Waals surface area contributed by atoms with Gasteiger partial charge in [-0.1, -0.05) is 20.3 Å². The highest BCUT2D eigenvalue weighted by molar-refractivity contribution is 5.75. The van der Waals surface area contributed by atoms with Crippen molar-refractivity contribution in [3.63, 3.8) is 0 Å². The lowest BCUT2D eigenvalue weighted by molar-refractivity contribution is -0.148. The van der Waals surface area contributed by atoms with Crippen LogP contribution in [0.15, 0.2) is 0 Å². The molecule has 2 atom stereocenters. The molecule has 1 aliphatic heterocycles. The molecule has 0 aromatic heterocycles. The van der Waals surface area contributed by atoms with E-state index in [9.17, 15) is 4.79 Å². The summed E-state index contributed by atoms with van der Waals surface area (Å²) < 4.78 is 4.87. The average molecular weight is 213 g/mol. The van der Waals surface area contributed by atoms with Gasteiger partial charge < -0.3 is 4.74 Å². The molecule has 1 saturated heterocycles. The number of hydrogen-bond acceptors (Lipinski definition) is 3. The van der Waals surface area contributed by atoms with Gasteiger partial charge in [-0.3, -0.25) is 9.69 Å². The molecule has 88 valence electrons. The van der Waals surface area contributed by atoms with E-state index in [1.54, 1.807) is 0 Å². The fraction of sp³-hybridized carbons (Fsp3) is 0.917. The third-order valence-corrected chi connectivity index (χ3v) is 3.16. The van der Waals surface area contributed by atoms with Crippen LogP contribution in [-0.2, 0) is 9.53 Å². The fourth-order valence-corrected chi connectivity index (χ4v) is 2.37. The monoisotopic (exact) mass is 213 g/mol. The Morgan fingerprint density at radius 3 is 2.87 bits per heavy atom. The number of ether oxygens (including phenoxy) is 1. The van der Waals surface area contributed by atoms with Gasteiger partial charge in [0.2, 0.25) is 0 Å². The van der Waals surface area contributed by atoms with Crippen molar-refractivity contribution in [2.24, 2.45) is 5.92 Å². The Morgan fingerprint density at radius 2 is 2.33 bits per heavy atom. The van der Waals surface area contributed by atoms with Gasteiger partial charge >= 0.3 is 5.97 Å². The zero-order valence-electron chi connectivity index (χ0n) is 10.2. The van der Waals surface area contributed by atoms with Gasteiger partial charge in [-0.15, -0.1) is 0 Å². The molecule has 3 nitrogen and oxygen atoms in total. The number of nitrogens with zero attached hydrogens (tertiary/aromatic N) is 1. The lowest BCUT2D eigenvalue weighted by atomic mass is 9.97. The number of methoxy groups -OCH3 is 1. The Labute approximate surface area is 92.8 Å². The van der Waals surface area contributed by atoms with Gasteiger partial charge in [-0.25, -0.2) is 0 Å². The van der Waals surface area contributed by atoms with Crippen LogP contribution in [0.4, 0.5) is 0 Å². The summed E-state index contributed by atoms with van der Waals surface area (Å²) in [5.74, 6) is 0.647. The number of carbonyl (C=O) groups is 1. The Bertz CT molecular complexity index is 206. The van der Waals surface area contributed by atoms with Gasteiger partial charge in [0.1, 0.15) is 6.04 Å². The van der Waals surface area contributed by atoms with E-state index in [1.807, 2.05) is 0 Å². The Morgan fingerprint density at radius 1 is 1.60 bits per heavy atom. The van der Waals surface area contributed by atoms with Crippen LogP contribution in [0.1, 0.15) is 39.5 Å². The van der Waals surface area contributed by atoms with Crippen molar-refractivity contribution in [1.29, 1.82) is 0 Å². The molecule has 3 heteroatoms. The second kappa shape index (κ2) is 6.11. The number of esters is 1. The molecule has 1 fully saturated rings. The highest BCUT2D eigenvalue weighted by atomic mass is 16.5. The molecule has 0 N–H and O–H groups in total.